The maximum Gasteiger partial charge on any atom is 0.335 e. The fraction of sp³-hybridized carbons (Fsp3) is 0.641. The van der Waals surface area contributed by atoms with E-state index in [0.717, 1.165) is 9.80 Å². The molecule has 0 bridgehead atoms. The first-order valence-corrected chi connectivity index (χ1v) is 24.1. The minimum absolute atomic E-state index is 0.0520. The lowest BCUT2D eigenvalue weighted by atomic mass is 9.91. The molecule has 1 aromatic carbocycles. The van der Waals surface area contributed by atoms with E-state index in [1.54, 1.807) is 26.2 Å². The molecule has 8 N–H and O–H groups in total. The first-order chi connectivity index (χ1) is 30.4. The number of nitrogens with zero attached hydrogens (tertiary/aromatic N) is 2. The molecule has 3 fully saturated rings. The van der Waals surface area contributed by atoms with Crippen LogP contribution in [0.25, 0.3) is 0 Å². The van der Waals surface area contributed by atoms with Crippen LogP contribution in [0.15, 0.2) is 18.2 Å². The normalized spacial score (nSPS) is 25.7. The highest BCUT2D eigenvalue weighted by Crippen LogP contribution is 2.31. The Bertz CT molecular complexity index is 2080. The van der Waals surface area contributed by atoms with Crippen LogP contribution in [-0.2, 0) is 75.7 Å². The second kappa shape index (κ2) is 23.4. The van der Waals surface area contributed by atoms with E-state index < -0.39 is 143 Å². The smallest absolute Gasteiger partial charge is 0.335 e. The lowest BCUT2D eigenvalue weighted by Crippen LogP contribution is -2.59. The molecule has 6 amide bonds. The Hall–Kier alpha value is -4.33. The Balaban J connectivity index is 1.43. The monoisotopic (exact) mass is 977 g/mol. The molecule has 4 rings (SSSR count). The van der Waals surface area contributed by atoms with Crippen molar-refractivity contribution in [3.63, 3.8) is 0 Å². The molecule has 26 heteroatoms. The van der Waals surface area contributed by atoms with Gasteiger partial charge in [-0.3, -0.25) is 43.0 Å². The number of carbonyl (C=O) groups is 8. The summed E-state index contributed by atoms with van der Waals surface area (Å²) in [5, 5.41) is 48.2. The zero-order chi connectivity index (χ0) is 48.5. The van der Waals surface area contributed by atoms with E-state index in [9.17, 15) is 67.2 Å². The predicted octanol–water partition coefficient (Wildman–Crippen LogP) is -2.58. The number of rotatable bonds is 22. The third kappa shape index (κ3) is 14.3. The summed E-state index contributed by atoms with van der Waals surface area (Å²) in [6.45, 7) is 3.00. The van der Waals surface area contributed by atoms with Crippen molar-refractivity contribution in [2.75, 3.05) is 42.8 Å². The van der Waals surface area contributed by atoms with Gasteiger partial charge in [-0.2, -0.15) is 20.2 Å². The molecule has 23 nitrogen and oxygen atoms in total. The standard InChI is InChI=1S/C39H56N5O18PS2/c1-18(2)30(42-27(45)14-43-23(16-60-9-10-65(57,58)59)12-24(37(43)53)44-28(46)13-26(63)38(44)54)36(52)40-19(3)35(51)41-22-7-5-21(15-61-29(47)17-64-4)20(11-22)6-8-25-31(48)32(49)33(50)34(62-25)39(55)56/h5,7,11,18-19,23-26,30-34,48-50H,6,8-10,12-17,63H2,1-4H3,(H,40,52)(H,41,51)(H,42,45)(H,55,56)(H,57,58,59)/t19-,23-,24-,25-,26?,30-,31-,32+,33-,34-/m0/s1. The molecule has 3 heterocycles. The first kappa shape index (κ1) is 53.3. The van der Waals surface area contributed by atoms with Gasteiger partial charge >= 0.3 is 11.9 Å². The minimum Gasteiger partial charge on any atom is -0.479 e. The number of carboxylic acids is 1. The zero-order valence-electron chi connectivity index (χ0n) is 36.0. The molecule has 65 heavy (non-hydrogen) atoms. The number of carbonyl (C=O) groups excluding carboxylic acids is 7. The van der Waals surface area contributed by atoms with Gasteiger partial charge < -0.3 is 55.5 Å². The third-order valence-electron chi connectivity index (χ3n) is 10.9. The van der Waals surface area contributed by atoms with Crippen LogP contribution in [0.5, 0.6) is 0 Å². The molecule has 0 saturated carbocycles. The number of likely N-dealkylation sites (tertiary alicyclic amines) is 2. The number of aliphatic carboxylic acids is 1. The van der Waals surface area contributed by atoms with E-state index in [2.05, 4.69) is 25.2 Å². The van der Waals surface area contributed by atoms with E-state index in [4.69, 9.17) is 18.8 Å². The average molecular weight is 978 g/mol. The Kier molecular flexibility index (Phi) is 19.2. The third-order valence-corrected chi connectivity index (χ3v) is 12.7. The lowest BCUT2D eigenvalue weighted by molar-refractivity contribution is -0.228. The van der Waals surface area contributed by atoms with Crippen molar-refractivity contribution >= 4 is 84.2 Å². The van der Waals surface area contributed by atoms with Crippen molar-refractivity contribution in [3.8, 4) is 0 Å². The molecule has 3 aliphatic heterocycles. The van der Waals surface area contributed by atoms with Gasteiger partial charge in [-0.25, -0.2) is 4.79 Å². The van der Waals surface area contributed by atoms with Gasteiger partial charge in [0.1, 0.15) is 43.0 Å². The van der Waals surface area contributed by atoms with Gasteiger partial charge in [0.05, 0.1) is 49.1 Å². The number of nitrogens with one attached hydrogen (secondary N) is 3. The van der Waals surface area contributed by atoms with Crippen molar-refractivity contribution in [1.82, 2.24) is 20.4 Å². The van der Waals surface area contributed by atoms with Crippen LogP contribution in [0.3, 0.4) is 0 Å². The number of imide groups is 1. The van der Waals surface area contributed by atoms with Crippen LogP contribution in [0, 0.1) is 5.92 Å². The van der Waals surface area contributed by atoms with Crippen LogP contribution in [0.2, 0.25) is 0 Å². The number of benzene rings is 1. The van der Waals surface area contributed by atoms with Crippen molar-refractivity contribution in [3.05, 3.63) is 29.3 Å². The molecule has 1 aromatic rings. The van der Waals surface area contributed by atoms with Crippen LogP contribution in [0.1, 0.15) is 51.2 Å². The molecule has 3 aliphatic rings. The number of hydrogen-bond donors (Lipinski definition) is 8. The van der Waals surface area contributed by atoms with E-state index in [0.29, 0.717) is 11.1 Å². The number of aliphatic hydroxyl groups excluding tert-OH is 3. The number of anilines is 1. The number of amides is 6. The molecule has 0 spiro atoms. The quantitative estimate of drug-likeness (QED) is 0.0194. The number of hydrogen-bond acceptors (Lipinski definition) is 17. The Labute approximate surface area is 381 Å². The number of carboxylic acid groups (broad SMARTS) is 1. The van der Waals surface area contributed by atoms with Gasteiger partial charge in [0.15, 0.2) is 6.10 Å². The molecule has 362 valence electrons. The number of aryl methyl sites for hydroxylation is 1. The molecular formula is C39H56N5O18PS2. The van der Waals surface area contributed by atoms with Crippen molar-refractivity contribution < 1.29 is 86.0 Å². The summed E-state index contributed by atoms with van der Waals surface area (Å²) in [4.78, 5) is 105. The van der Waals surface area contributed by atoms with Crippen LogP contribution in [-0.4, -0.2) is 188 Å². The summed E-state index contributed by atoms with van der Waals surface area (Å²) in [6, 6.07) is -0.0344. The average Bonchev–Trinajstić information content (AvgIpc) is 3.66. The van der Waals surface area contributed by atoms with Crippen molar-refractivity contribution in [2.45, 2.75) is 113 Å². The van der Waals surface area contributed by atoms with Gasteiger partial charge in [0.25, 0.3) is 10.1 Å². The molecule has 0 aliphatic carbocycles. The molecule has 2 unspecified atom stereocenters. The van der Waals surface area contributed by atoms with Crippen molar-refractivity contribution in [1.29, 1.82) is 0 Å². The minimum atomic E-state index is -4.37. The summed E-state index contributed by atoms with van der Waals surface area (Å²) >= 11 is 1.25. The zero-order valence-corrected chi connectivity index (χ0v) is 38.8. The second-order valence-corrected chi connectivity index (χ2v) is 19.4. The highest BCUT2D eigenvalue weighted by atomic mass is 32.2. The summed E-state index contributed by atoms with van der Waals surface area (Å²) in [5.74, 6) is -7.51. The number of thioether (sulfide) groups is 1. The van der Waals surface area contributed by atoms with Gasteiger partial charge in [-0.05, 0) is 61.6 Å². The Morgan fingerprint density at radius 1 is 0.985 bits per heavy atom. The predicted molar refractivity (Wildman–Crippen MR) is 231 cm³/mol. The van der Waals surface area contributed by atoms with E-state index in [-0.39, 0.29) is 50.3 Å². The van der Waals surface area contributed by atoms with Gasteiger partial charge in [-0.15, -0.1) is 9.24 Å². The van der Waals surface area contributed by atoms with E-state index >= 15 is 0 Å². The number of ether oxygens (including phenoxy) is 3. The van der Waals surface area contributed by atoms with E-state index in [1.165, 1.54) is 30.8 Å². The molecule has 11 atom stereocenters. The van der Waals surface area contributed by atoms with Gasteiger partial charge in [-0.1, -0.05) is 19.9 Å². The summed E-state index contributed by atoms with van der Waals surface area (Å²) in [6.07, 6.45) is -6.96. The molecule has 0 aromatic heterocycles. The summed E-state index contributed by atoms with van der Waals surface area (Å²) < 4.78 is 47.6. The fourth-order valence-corrected chi connectivity index (χ4v) is 8.45. The summed E-state index contributed by atoms with van der Waals surface area (Å²) in [7, 11) is -2.14. The number of aliphatic hydroxyl groups is 3. The number of esters is 1. The lowest BCUT2D eigenvalue weighted by Gasteiger charge is -2.39. The first-order valence-electron chi connectivity index (χ1n) is 20.5. The Morgan fingerprint density at radius 2 is 1.68 bits per heavy atom. The summed E-state index contributed by atoms with van der Waals surface area (Å²) in [5.41, 5.74) is 0.442. The van der Waals surface area contributed by atoms with Gasteiger partial charge in [0.2, 0.25) is 35.4 Å². The van der Waals surface area contributed by atoms with Crippen molar-refractivity contribution in [2.24, 2.45) is 5.92 Å². The maximum atomic E-state index is 13.7. The fourth-order valence-electron chi connectivity index (χ4n) is 7.44. The Morgan fingerprint density at radius 3 is 2.28 bits per heavy atom. The highest BCUT2D eigenvalue weighted by molar-refractivity contribution is 7.99. The maximum absolute atomic E-state index is 13.7. The molecule has 0 radical (unpaired) electrons. The molecular weight excluding hydrogens is 922 g/mol. The highest BCUT2D eigenvalue weighted by Gasteiger charge is 2.51. The second-order valence-electron chi connectivity index (χ2n) is 16.2. The van der Waals surface area contributed by atoms with Crippen LogP contribution >= 0.6 is 21.0 Å². The topological polar surface area (TPSA) is 342 Å². The molecule has 3 saturated heterocycles. The van der Waals surface area contributed by atoms with Gasteiger partial charge in [0, 0.05) is 12.1 Å². The van der Waals surface area contributed by atoms with E-state index in [1.807, 2.05) is 0 Å². The van der Waals surface area contributed by atoms with Crippen LogP contribution in [0.4, 0.5) is 5.69 Å². The van der Waals surface area contributed by atoms with Crippen LogP contribution < -0.4 is 16.0 Å². The SMILES string of the molecule is CSCC(=O)OCc1ccc(NC(=O)[C@H](C)NC(=O)[C@@H](NC(=O)CN2C(=O)[C@@H](N3C(=O)CC(P)C3=O)C[C@H]2COCCS(=O)(=O)O)C(C)C)cc1CC[C@@H]1O[C@H](C(=O)O)[C@@H](O)[C@H](O)[C@H]1O. The largest absolute Gasteiger partial charge is 0.479 e.